The van der Waals surface area contributed by atoms with Crippen LogP contribution >= 0.6 is 23.4 Å². The van der Waals surface area contributed by atoms with E-state index in [-0.39, 0.29) is 5.82 Å². The molecule has 0 heterocycles. The SMILES string of the molecule is Cc1ccc(SCc2ccc(F)cc2Cl)cc1C(=O)O. The highest BCUT2D eigenvalue weighted by molar-refractivity contribution is 7.98. The third-order valence-corrected chi connectivity index (χ3v) is 4.24. The second-order valence-corrected chi connectivity index (χ2v) is 5.76. The van der Waals surface area contributed by atoms with Crippen LogP contribution in [-0.2, 0) is 5.75 Å². The van der Waals surface area contributed by atoms with Crippen LogP contribution in [0.3, 0.4) is 0 Å². The van der Waals surface area contributed by atoms with E-state index in [9.17, 15) is 9.18 Å². The second kappa shape index (κ2) is 6.29. The molecule has 0 atom stereocenters. The number of aromatic carboxylic acids is 1. The van der Waals surface area contributed by atoms with E-state index in [1.54, 1.807) is 25.1 Å². The van der Waals surface area contributed by atoms with E-state index >= 15 is 0 Å². The molecule has 5 heteroatoms. The van der Waals surface area contributed by atoms with Gasteiger partial charge in [0.25, 0.3) is 0 Å². The lowest BCUT2D eigenvalue weighted by Gasteiger charge is -2.07. The normalized spacial score (nSPS) is 10.6. The summed E-state index contributed by atoms with van der Waals surface area (Å²) in [5.41, 5.74) is 1.83. The number of halogens is 2. The molecule has 0 aliphatic rings. The lowest BCUT2D eigenvalue weighted by atomic mass is 10.1. The Hall–Kier alpha value is -1.52. The maximum atomic E-state index is 12.9. The van der Waals surface area contributed by atoms with Gasteiger partial charge in [-0.1, -0.05) is 23.7 Å². The van der Waals surface area contributed by atoms with Crippen LogP contribution in [0.25, 0.3) is 0 Å². The summed E-state index contributed by atoms with van der Waals surface area (Å²) in [6.45, 7) is 1.76. The average molecular weight is 311 g/mol. The lowest BCUT2D eigenvalue weighted by Crippen LogP contribution is -1.99. The Morgan fingerprint density at radius 1 is 1.30 bits per heavy atom. The summed E-state index contributed by atoms with van der Waals surface area (Å²) in [5, 5.41) is 9.46. The number of thioether (sulfide) groups is 1. The molecule has 20 heavy (non-hydrogen) atoms. The third-order valence-electron chi connectivity index (χ3n) is 2.85. The largest absolute Gasteiger partial charge is 0.478 e. The van der Waals surface area contributed by atoms with E-state index in [1.165, 1.54) is 23.9 Å². The van der Waals surface area contributed by atoms with Crippen LogP contribution in [0.2, 0.25) is 5.02 Å². The lowest BCUT2D eigenvalue weighted by molar-refractivity contribution is 0.0696. The van der Waals surface area contributed by atoms with Crippen molar-refractivity contribution in [3.8, 4) is 0 Å². The van der Waals surface area contributed by atoms with Crippen LogP contribution in [0.4, 0.5) is 4.39 Å². The molecule has 0 aliphatic carbocycles. The molecule has 104 valence electrons. The van der Waals surface area contributed by atoms with Crippen molar-refractivity contribution in [2.45, 2.75) is 17.6 Å². The van der Waals surface area contributed by atoms with Gasteiger partial charge in [-0.3, -0.25) is 0 Å². The predicted molar refractivity (Wildman–Crippen MR) is 79.1 cm³/mol. The average Bonchev–Trinajstić information content (AvgIpc) is 2.39. The Morgan fingerprint density at radius 3 is 2.70 bits per heavy atom. The minimum atomic E-state index is -0.940. The van der Waals surface area contributed by atoms with Gasteiger partial charge in [-0.05, 0) is 42.3 Å². The van der Waals surface area contributed by atoms with Gasteiger partial charge in [0, 0.05) is 15.7 Å². The van der Waals surface area contributed by atoms with E-state index < -0.39 is 5.97 Å². The van der Waals surface area contributed by atoms with Crippen molar-refractivity contribution in [1.82, 2.24) is 0 Å². The second-order valence-electron chi connectivity index (χ2n) is 4.31. The highest BCUT2D eigenvalue weighted by Gasteiger charge is 2.09. The molecule has 0 spiro atoms. The van der Waals surface area contributed by atoms with Gasteiger partial charge in [0.05, 0.1) is 5.56 Å². The smallest absolute Gasteiger partial charge is 0.335 e. The summed E-state index contributed by atoms with van der Waals surface area (Å²) in [7, 11) is 0. The molecule has 2 aromatic rings. The van der Waals surface area contributed by atoms with Crippen molar-refractivity contribution in [3.05, 3.63) is 63.9 Å². The first-order valence-corrected chi connectivity index (χ1v) is 7.24. The fourth-order valence-corrected chi connectivity index (χ4v) is 2.97. The molecule has 2 nitrogen and oxygen atoms in total. The van der Waals surface area contributed by atoms with Gasteiger partial charge in [-0.2, -0.15) is 0 Å². The van der Waals surface area contributed by atoms with Crippen LogP contribution in [0, 0.1) is 12.7 Å². The Balaban J connectivity index is 2.15. The Kier molecular flexibility index (Phi) is 4.68. The molecule has 2 aromatic carbocycles. The maximum absolute atomic E-state index is 12.9. The molecule has 0 saturated heterocycles. The number of carboxylic acids is 1. The van der Waals surface area contributed by atoms with Crippen LogP contribution in [0.15, 0.2) is 41.3 Å². The quantitative estimate of drug-likeness (QED) is 0.826. The van der Waals surface area contributed by atoms with Gasteiger partial charge in [0.15, 0.2) is 0 Å². The van der Waals surface area contributed by atoms with E-state index in [0.29, 0.717) is 16.3 Å². The standard InChI is InChI=1S/C15H12ClFO2S/c1-9-2-5-12(7-13(9)15(18)19)20-8-10-3-4-11(17)6-14(10)16/h2-7H,8H2,1H3,(H,18,19). The van der Waals surface area contributed by atoms with E-state index in [1.807, 2.05) is 6.07 Å². The minimum Gasteiger partial charge on any atom is -0.478 e. The van der Waals surface area contributed by atoms with Crippen molar-refractivity contribution in [2.75, 3.05) is 0 Å². The predicted octanol–water partition coefficient (Wildman–Crippen LogP) is 4.78. The fourth-order valence-electron chi connectivity index (χ4n) is 1.72. The summed E-state index contributed by atoms with van der Waals surface area (Å²) in [6, 6.07) is 9.55. The summed E-state index contributed by atoms with van der Waals surface area (Å²) in [5.74, 6) is -0.752. The van der Waals surface area contributed by atoms with Gasteiger partial charge in [-0.15, -0.1) is 11.8 Å². The van der Waals surface area contributed by atoms with E-state index in [0.717, 1.165) is 16.0 Å². The van der Waals surface area contributed by atoms with Crippen molar-refractivity contribution in [2.24, 2.45) is 0 Å². The Labute approximate surface area is 125 Å². The number of hydrogen-bond acceptors (Lipinski definition) is 2. The number of rotatable bonds is 4. The zero-order valence-corrected chi connectivity index (χ0v) is 12.3. The summed E-state index contributed by atoms with van der Waals surface area (Å²) < 4.78 is 12.9. The molecule has 0 bridgehead atoms. The van der Waals surface area contributed by atoms with Crippen LogP contribution in [0.5, 0.6) is 0 Å². The Morgan fingerprint density at radius 2 is 2.05 bits per heavy atom. The number of hydrogen-bond donors (Lipinski definition) is 1. The van der Waals surface area contributed by atoms with E-state index in [2.05, 4.69) is 0 Å². The molecule has 0 aliphatic heterocycles. The molecule has 0 unspecified atom stereocenters. The molecule has 0 amide bonds. The van der Waals surface area contributed by atoms with Crippen molar-refractivity contribution >= 4 is 29.3 Å². The van der Waals surface area contributed by atoms with E-state index in [4.69, 9.17) is 16.7 Å². The number of aryl methyl sites for hydroxylation is 1. The molecular weight excluding hydrogens is 299 g/mol. The van der Waals surface area contributed by atoms with Crippen LogP contribution < -0.4 is 0 Å². The Bertz CT molecular complexity index is 658. The van der Waals surface area contributed by atoms with Crippen molar-refractivity contribution in [3.63, 3.8) is 0 Å². The van der Waals surface area contributed by atoms with Crippen molar-refractivity contribution < 1.29 is 14.3 Å². The molecule has 0 radical (unpaired) electrons. The zero-order chi connectivity index (χ0) is 14.7. The van der Waals surface area contributed by atoms with Gasteiger partial charge in [-0.25, -0.2) is 9.18 Å². The first-order valence-electron chi connectivity index (χ1n) is 5.88. The summed E-state index contributed by atoms with van der Waals surface area (Å²) >= 11 is 7.42. The third kappa shape index (κ3) is 3.52. The first-order chi connectivity index (χ1) is 9.47. The highest BCUT2D eigenvalue weighted by atomic mass is 35.5. The fraction of sp³-hybridized carbons (Fsp3) is 0.133. The van der Waals surface area contributed by atoms with Crippen LogP contribution in [0.1, 0.15) is 21.5 Å². The van der Waals surface area contributed by atoms with Crippen molar-refractivity contribution in [1.29, 1.82) is 0 Å². The van der Waals surface area contributed by atoms with Crippen LogP contribution in [-0.4, -0.2) is 11.1 Å². The van der Waals surface area contributed by atoms with Gasteiger partial charge in [0.2, 0.25) is 0 Å². The molecule has 0 aromatic heterocycles. The molecule has 1 N–H and O–H groups in total. The number of benzene rings is 2. The number of carboxylic acid groups (broad SMARTS) is 1. The minimum absolute atomic E-state index is 0.292. The zero-order valence-electron chi connectivity index (χ0n) is 10.7. The summed E-state index contributed by atoms with van der Waals surface area (Å²) in [6.07, 6.45) is 0. The molecule has 2 rings (SSSR count). The number of carbonyl (C=O) groups is 1. The maximum Gasteiger partial charge on any atom is 0.335 e. The highest BCUT2D eigenvalue weighted by Crippen LogP contribution is 2.28. The first kappa shape index (κ1) is 14.9. The van der Waals surface area contributed by atoms with Gasteiger partial charge < -0.3 is 5.11 Å². The molecule has 0 fully saturated rings. The van der Waals surface area contributed by atoms with Gasteiger partial charge >= 0.3 is 5.97 Å². The molecular formula is C15H12ClFO2S. The monoisotopic (exact) mass is 310 g/mol. The summed E-state index contributed by atoms with van der Waals surface area (Å²) in [4.78, 5) is 11.9. The molecule has 0 saturated carbocycles. The van der Waals surface area contributed by atoms with Gasteiger partial charge in [0.1, 0.15) is 5.82 Å². The topological polar surface area (TPSA) is 37.3 Å².